The maximum atomic E-state index is 12.9. The van der Waals surface area contributed by atoms with Crippen LogP contribution in [0.2, 0.25) is 0 Å². The average molecular weight is 1230 g/mol. The smallest absolute Gasteiger partial charge is 0.507 e. The van der Waals surface area contributed by atoms with E-state index < -0.39 is 42.5 Å². The fourth-order valence-corrected chi connectivity index (χ4v) is 15.3. The van der Waals surface area contributed by atoms with Crippen molar-refractivity contribution in [2.24, 2.45) is 11.7 Å². The highest BCUT2D eigenvalue weighted by Gasteiger charge is 2.59. The van der Waals surface area contributed by atoms with Crippen LogP contribution in [0.1, 0.15) is 123 Å². The molecule has 0 spiro atoms. The molecule has 4 aromatic rings. The maximum absolute atomic E-state index is 12.9. The number of hydrogen-bond donors (Lipinski definition) is 5. The van der Waals surface area contributed by atoms with Crippen molar-refractivity contribution in [3.63, 3.8) is 0 Å². The summed E-state index contributed by atoms with van der Waals surface area (Å²) in [5, 5.41) is 50.8. The maximum Gasteiger partial charge on any atom is 0.514 e. The molecule has 90 heavy (non-hydrogen) atoms. The number of nitrogens with one attached hydrogen (secondary N) is 2. The van der Waals surface area contributed by atoms with Gasteiger partial charge in [-0.05, 0) is 122 Å². The molecule has 0 radical (unpaired) electrons. The summed E-state index contributed by atoms with van der Waals surface area (Å²) in [7, 11) is 4.00. The highest BCUT2D eigenvalue weighted by atomic mass is 16.7. The lowest BCUT2D eigenvalue weighted by Crippen LogP contribution is -2.69. The third-order valence-corrected chi connectivity index (χ3v) is 19.8. The molecule has 4 bridgehead atoms. The van der Waals surface area contributed by atoms with Crippen molar-refractivity contribution in [3.8, 4) is 58.1 Å². The number of nitrogens with two attached hydrogens (primary N) is 1. The van der Waals surface area contributed by atoms with E-state index in [-0.39, 0.29) is 111 Å². The van der Waals surface area contributed by atoms with Crippen LogP contribution in [-0.2, 0) is 44.7 Å². The Bertz CT molecular complexity index is 3500. The van der Waals surface area contributed by atoms with Crippen LogP contribution in [0.3, 0.4) is 0 Å². The molecule has 476 valence electrons. The molecular formula is C67H79N9O14. The van der Waals surface area contributed by atoms with E-state index in [1.165, 1.54) is 12.2 Å². The molecule has 6 N–H and O–H groups in total. The zero-order valence-corrected chi connectivity index (χ0v) is 52.8. The molecule has 4 aromatic carbocycles. The Morgan fingerprint density at radius 2 is 1.01 bits per heavy atom. The number of carbonyl (C=O) groups excluding carboxylic acids is 4. The summed E-state index contributed by atoms with van der Waals surface area (Å²) in [5.74, 6) is 2.27. The van der Waals surface area contributed by atoms with Crippen LogP contribution < -0.4 is 44.8 Å². The first-order valence-electron chi connectivity index (χ1n) is 30.5. The predicted octanol–water partition coefficient (Wildman–Crippen LogP) is 7.27. The molecule has 11 atom stereocenters. The van der Waals surface area contributed by atoms with Crippen molar-refractivity contribution in [1.82, 2.24) is 30.2 Å². The zero-order chi connectivity index (χ0) is 64.6. The summed E-state index contributed by atoms with van der Waals surface area (Å²) >= 11 is 0. The number of aryl methyl sites for hydroxylation is 2. The van der Waals surface area contributed by atoms with Gasteiger partial charge in [0.05, 0.1) is 42.3 Å². The van der Waals surface area contributed by atoms with Crippen LogP contribution in [0.5, 0.6) is 46.0 Å². The molecule has 2 saturated heterocycles. The number of benzene rings is 4. The Morgan fingerprint density at radius 3 is 1.38 bits per heavy atom. The molecule has 0 aliphatic carbocycles. The minimum atomic E-state index is -0.897. The van der Waals surface area contributed by atoms with E-state index in [0.717, 1.165) is 50.1 Å². The Hall–Kier alpha value is -8.58. The summed E-state index contributed by atoms with van der Waals surface area (Å²) in [6.45, 7) is 24.0. The first-order chi connectivity index (χ1) is 43.0. The molecule has 2 amide bonds. The molecule has 0 saturated carbocycles. The second-order valence-electron chi connectivity index (χ2n) is 25.0. The Morgan fingerprint density at radius 1 is 0.622 bits per heavy atom. The minimum absolute atomic E-state index is 0.0161. The van der Waals surface area contributed by atoms with Crippen molar-refractivity contribution in [2.75, 3.05) is 54.0 Å². The summed E-state index contributed by atoms with van der Waals surface area (Å²) in [6, 6.07) is 4.78. The van der Waals surface area contributed by atoms with Crippen molar-refractivity contribution < 1.29 is 67.3 Å². The van der Waals surface area contributed by atoms with Crippen LogP contribution in [0.25, 0.3) is 0 Å². The molecular weight excluding hydrogens is 1150 g/mol. The topological polar surface area (TPSA) is 293 Å². The van der Waals surface area contributed by atoms with Gasteiger partial charge in [-0.1, -0.05) is 51.3 Å². The third kappa shape index (κ3) is 10.3. The monoisotopic (exact) mass is 1230 g/mol. The van der Waals surface area contributed by atoms with Crippen molar-refractivity contribution in [3.05, 3.63) is 115 Å². The number of likely N-dealkylation sites (N-methyl/N-ethyl adjacent to an activating group) is 2. The van der Waals surface area contributed by atoms with Crippen molar-refractivity contribution in [1.29, 1.82) is 10.5 Å². The van der Waals surface area contributed by atoms with Gasteiger partial charge < -0.3 is 64.5 Å². The first kappa shape index (κ1) is 63.0. The van der Waals surface area contributed by atoms with Gasteiger partial charge in [0.25, 0.3) is 0 Å². The number of nitrogens with zero attached hydrogens (tertiary/aromatic N) is 6. The van der Waals surface area contributed by atoms with Crippen LogP contribution in [0, 0.1) is 70.1 Å². The number of piperazine rings is 2. The fraction of sp³-hybridized carbons (Fsp3) is 0.493. The van der Waals surface area contributed by atoms with Gasteiger partial charge in [0, 0.05) is 87.7 Å². The zero-order valence-electron chi connectivity index (χ0n) is 52.8. The molecule has 23 nitrogen and oxygen atoms in total. The molecule has 23 heteroatoms. The summed E-state index contributed by atoms with van der Waals surface area (Å²) in [4.78, 5) is 60.2. The lowest BCUT2D eigenvalue weighted by Gasteiger charge is -2.60. The molecule has 2 fully saturated rings. The quantitative estimate of drug-likeness (QED) is 0.0529. The normalized spacial score (nSPS) is 24.9. The Kier molecular flexibility index (Phi) is 17.3. The van der Waals surface area contributed by atoms with E-state index in [4.69, 9.17) is 43.6 Å². The Balaban J connectivity index is 0.000000185. The summed E-state index contributed by atoms with van der Waals surface area (Å²) < 4.78 is 46.1. The highest BCUT2D eigenvalue weighted by molar-refractivity contribution is 5.81. The van der Waals surface area contributed by atoms with Crippen LogP contribution in [-0.4, -0.2) is 150 Å². The second kappa shape index (κ2) is 24.7. The van der Waals surface area contributed by atoms with Crippen LogP contribution in [0.15, 0.2) is 37.4 Å². The van der Waals surface area contributed by atoms with Crippen molar-refractivity contribution in [2.45, 2.75) is 154 Å². The lowest BCUT2D eigenvalue weighted by atomic mass is 9.71. The van der Waals surface area contributed by atoms with Crippen LogP contribution >= 0.6 is 0 Å². The van der Waals surface area contributed by atoms with Crippen LogP contribution in [0.4, 0.5) is 9.59 Å². The fourth-order valence-electron chi connectivity index (χ4n) is 15.3. The number of hydrogen-bond acceptors (Lipinski definition) is 21. The number of rotatable bonds is 12. The molecule has 2 unspecified atom stereocenters. The van der Waals surface area contributed by atoms with Gasteiger partial charge in [0.15, 0.2) is 23.0 Å². The third-order valence-electron chi connectivity index (χ3n) is 19.8. The molecule has 8 aliphatic rings. The second-order valence-corrected chi connectivity index (χ2v) is 25.0. The Labute approximate surface area is 523 Å². The summed E-state index contributed by atoms with van der Waals surface area (Å²) in [5.41, 5.74) is 17.2. The number of amides is 2. The number of fused-ring (bicyclic) bond motifs is 18. The minimum Gasteiger partial charge on any atom is -0.507 e. The van der Waals surface area contributed by atoms with Gasteiger partial charge in [-0.25, -0.2) is 9.59 Å². The summed E-state index contributed by atoms with van der Waals surface area (Å²) in [6.07, 6.45) is 3.01. The number of carbonyl (C=O) groups is 4. The molecule has 8 heterocycles. The average Bonchev–Trinajstić information content (AvgIpc) is 0.866. The SMILES string of the molecule is C=CCOC(=O)Oc1c(C)c2c(c3c1CC1[C@H]4c5c(cc(C)c(C)c5O)C[C@@H]([C@H](C#N)N1[C@H]3CNC(=O)C(C)C)N4C)OCO2.C=CCOC(=O)Oc1c(C)c2c(c3c1CC1[C@H]4c5c(cc(C)c(C)c5O)C[C@@H]([C@H](C#N)N1[C@H]3CNC(=O)[C@H](C)N)N4C)OCO2. The van der Waals surface area contributed by atoms with Crippen molar-refractivity contribution >= 4 is 24.1 Å². The van der Waals surface area contributed by atoms with E-state index in [1.807, 2.05) is 55.6 Å². The van der Waals surface area contributed by atoms with Gasteiger partial charge in [0.2, 0.25) is 25.4 Å². The number of aromatic hydroxyl groups is 2. The predicted molar refractivity (Wildman–Crippen MR) is 328 cm³/mol. The van der Waals surface area contributed by atoms with Gasteiger partial charge in [-0.2, -0.15) is 10.5 Å². The number of ether oxygens (including phenoxy) is 8. The van der Waals surface area contributed by atoms with E-state index in [1.54, 1.807) is 20.8 Å². The van der Waals surface area contributed by atoms with E-state index in [9.17, 15) is 39.9 Å². The first-order valence-corrected chi connectivity index (χ1v) is 30.5. The van der Waals surface area contributed by atoms with Gasteiger partial charge in [0.1, 0.15) is 48.3 Å². The van der Waals surface area contributed by atoms with Gasteiger partial charge in [-0.15, -0.1) is 0 Å². The van der Waals surface area contributed by atoms with E-state index in [0.29, 0.717) is 82.2 Å². The highest BCUT2D eigenvalue weighted by Crippen LogP contribution is 2.60. The largest absolute Gasteiger partial charge is 0.514 e. The number of phenolic OH excluding ortho intramolecular Hbond substituents is 2. The lowest BCUT2D eigenvalue weighted by molar-refractivity contribution is -0.125. The number of phenols is 2. The molecule has 0 aromatic heterocycles. The van der Waals surface area contributed by atoms with Gasteiger partial charge >= 0.3 is 12.3 Å². The van der Waals surface area contributed by atoms with E-state index >= 15 is 0 Å². The number of nitriles is 2. The van der Waals surface area contributed by atoms with E-state index in [2.05, 4.69) is 67.7 Å². The molecule has 8 aliphatic heterocycles. The molecule has 12 rings (SSSR count). The standard InChI is InChI=1S/C34H40N4O7.C33H39N5O7/c1-8-9-42-34(41)45-30-19(6)31-32(44-15-43-31)27-21(30)12-23-28-26-20(10-17(4)18(5)29(26)39)11-22(37(28)7)24(13-35)38(23)25(27)14-36-33(40)16(2)3;1-7-8-42-33(41)45-29-17(4)30-31(44-14-43-30)26-20(29)11-22-27-25-19(9-15(2)16(3)28(25)39)10-21(37(27)6)23(12-34)38(22)24(26)13-36-32(40)18(5)35/h8,10,16,22-25,28,39H,1,9,11-12,14-15H2,2-7H3,(H,36,40);7,9,18,21-24,27,39H,1,8,10-11,13-14,35H2,2-6H3,(H,36,40)/t22-,23?,24-,25-,28-;18-,21-,22?,23-,24-,27-/m00/s1. The van der Waals surface area contributed by atoms with Gasteiger partial charge in [-0.3, -0.25) is 29.2 Å².